The van der Waals surface area contributed by atoms with Crippen molar-refractivity contribution in [3.05, 3.63) is 53.1 Å². The summed E-state index contributed by atoms with van der Waals surface area (Å²) in [6.45, 7) is 0. The van der Waals surface area contributed by atoms with E-state index in [4.69, 9.17) is 16.3 Å². The quantitative estimate of drug-likeness (QED) is 0.448. The van der Waals surface area contributed by atoms with E-state index in [2.05, 4.69) is 15.8 Å². The van der Waals surface area contributed by atoms with Crippen LogP contribution in [0.25, 0.3) is 0 Å². The van der Waals surface area contributed by atoms with Gasteiger partial charge in [0.05, 0.1) is 13.3 Å². The van der Waals surface area contributed by atoms with Crippen LogP contribution < -0.4 is 15.5 Å². The highest BCUT2D eigenvalue weighted by Crippen LogP contribution is 2.25. The van der Waals surface area contributed by atoms with Crippen LogP contribution in [0.3, 0.4) is 0 Å². The Bertz CT molecular complexity index is 793. The van der Waals surface area contributed by atoms with Crippen molar-refractivity contribution in [1.29, 1.82) is 0 Å². The van der Waals surface area contributed by atoms with E-state index in [1.54, 1.807) is 24.3 Å². The zero-order chi connectivity index (χ0) is 17.5. The number of phenolic OH excluding ortho intramolecular Hbond substituents is 1. The molecule has 0 aliphatic heterocycles. The molecule has 2 rings (SSSR count). The molecule has 2 aromatic rings. The Hall–Kier alpha value is -3.06. The third-order valence-corrected chi connectivity index (χ3v) is 3.11. The summed E-state index contributed by atoms with van der Waals surface area (Å²) in [6, 6.07) is 10.9. The first-order valence-electron chi connectivity index (χ1n) is 6.76. The van der Waals surface area contributed by atoms with Crippen molar-refractivity contribution in [3.8, 4) is 11.5 Å². The smallest absolute Gasteiger partial charge is 0.329 e. The molecule has 2 amide bonds. The fourth-order valence-corrected chi connectivity index (χ4v) is 1.94. The van der Waals surface area contributed by atoms with Crippen molar-refractivity contribution in [2.45, 2.75) is 0 Å². The Labute approximate surface area is 142 Å². The van der Waals surface area contributed by atoms with Crippen LogP contribution in [-0.4, -0.2) is 30.2 Å². The van der Waals surface area contributed by atoms with Gasteiger partial charge in [-0.1, -0.05) is 17.7 Å². The lowest BCUT2D eigenvalue weighted by Crippen LogP contribution is -2.32. The van der Waals surface area contributed by atoms with Gasteiger partial charge in [0, 0.05) is 10.7 Å². The second-order valence-electron chi connectivity index (χ2n) is 4.59. The highest BCUT2D eigenvalue weighted by molar-refractivity contribution is 6.39. The van der Waals surface area contributed by atoms with Crippen LogP contribution in [0.5, 0.6) is 11.5 Å². The van der Waals surface area contributed by atoms with Gasteiger partial charge >= 0.3 is 11.8 Å². The standard InChI is InChI=1S/C16H14ClN3O4/c1-24-14-7-10(5-6-13(14)21)9-18-20-16(23)15(22)19-12-4-2-3-11(17)8-12/h2-9,21H,1H3,(H,19,22)(H,20,23)/b18-9+. The predicted octanol–water partition coefficient (Wildman–Crippen LogP) is 2.14. The number of amides is 2. The van der Waals surface area contributed by atoms with Gasteiger partial charge < -0.3 is 15.2 Å². The molecule has 0 radical (unpaired) electrons. The highest BCUT2D eigenvalue weighted by Gasteiger charge is 2.12. The monoisotopic (exact) mass is 347 g/mol. The van der Waals surface area contributed by atoms with Crippen molar-refractivity contribution >= 4 is 35.3 Å². The zero-order valence-corrected chi connectivity index (χ0v) is 13.4. The Morgan fingerprint density at radius 3 is 2.71 bits per heavy atom. The second-order valence-corrected chi connectivity index (χ2v) is 5.03. The van der Waals surface area contributed by atoms with Crippen molar-refractivity contribution in [2.24, 2.45) is 5.10 Å². The van der Waals surface area contributed by atoms with Gasteiger partial charge in [-0.3, -0.25) is 9.59 Å². The molecule has 3 N–H and O–H groups in total. The van der Waals surface area contributed by atoms with Crippen molar-refractivity contribution in [3.63, 3.8) is 0 Å². The van der Waals surface area contributed by atoms with E-state index in [-0.39, 0.29) is 11.5 Å². The zero-order valence-electron chi connectivity index (χ0n) is 12.6. The van der Waals surface area contributed by atoms with Crippen molar-refractivity contribution in [2.75, 3.05) is 12.4 Å². The third kappa shape index (κ3) is 4.72. The number of hydrogen-bond donors (Lipinski definition) is 3. The van der Waals surface area contributed by atoms with E-state index in [9.17, 15) is 14.7 Å². The van der Waals surface area contributed by atoms with Gasteiger partial charge in [0.2, 0.25) is 0 Å². The molecule has 8 heteroatoms. The van der Waals surface area contributed by atoms with E-state index < -0.39 is 11.8 Å². The number of ether oxygens (including phenoxy) is 1. The van der Waals surface area contributed by atoms with Gasteiger partial charge in [-0.15, -0.1) is 0 Å². The molecule has 0 saturated carbocycles. The molecule has 0 bridgehead atoms. The largest absolute Gasteiger partial charge is 0.504 e. The number of hydrogen-bond acceptors (Lipinski definition) is 5. The number of nitrogens with one attached hydrogen (secondary N) is 2. The molecular formula is C16H14ClN3O4. The molecule has 0 saturated heterocycles. The number of methoxy groups -OCH3 is 1. The van der Waals surface area contributed by atoms with Crippen LogP contribution in [0, 0.1) is 0 Å². The third-order valence-electron chi connectivity index (χ3n) is 2.87. The summed E-state index contributed by atoms with van der Waals surface area (Å²) in [7, 11) is 1.41. The van der Waals surface area contributed by atoms with E-state index >= 15 is 0 Å². The van der Waals surface area contributed by atoms with E-state index in [0.29, 0.717) is 16.3 Å². The van der Waals surface area contributed by atoms with Gasteiger partial charge in [0.1, 0.15) is 0 Å². The Morgan fingerprint density at radius 2 is 2.00 bits per heavy atom. The highest BCUT2D eigenvalue weighted by atomic mass is 35.5. The molecule has 0 aromatic heterocycles. The minimum atomic E-state index is -0.933. The van der Waals surface area contributed by atoms with E-state index in [1.807, 2.05) is 0 Å². The lowest BCUT2D eigenvalue weighted by Gasteiger charge is -2.04. The van der Waals surface area contributed by atoms with Gasteiger partial charge in [-0.05, 0) is 42.0 Å². The number of rotatable bonds is 4. The maximum atomic E-state index is 11.7. The van der Waals surface area contributed by atoms with Gasteiger partial charge in [-0.25, -0.2) is 5.43 Å². The lowest BCUT2D eigenvalue weighted by molar-refractivity contribution is -0.136. The Kier molecular flexibility index (Phi) is 5.75. The molecule has 2 aromatic carbocycles. The molecule has 24 heavy (non-hydrogen) atoms. The normalized spacial score (nSPS) is 10.4. The lowest BCUT2D eigenvalue weighted by atomic mass is 10.2. The fourth-order valence-electron chi connectivity index (χ4n) is 1.74. The minimum Gasteiger partial charge on any atom is -0.504 e. The first kappa shape index (κ1) is 17.3. The van der Waals surface area contributed by atoms with Gasteiger partial charge in [0.15, 0.2) is 11.5 Å². The first-order valence-corrected chi connectivity index (χ1v) is 7.14. The second kappa shape index (κ2) is 7.98. The van der Waals surface area contributed by atoms with Crippen LogP contribution >= 0.6 is 11.6 Å². The average Bonchev–Trinajstić information content (AvgIpc) is 2.56. The van der Waals surface area contributed by atoms with E-state index in [0.717, 1.165) is 0 Å². The number of anilines is 1. The summed E-state index contributed by atoms with van der Waals surface area (Å²) in [5.41, 5.74) is 3.07. The van der Waals surface area contributed by atoms with Crippen LogP contribution in [0.2, 0.25) is 5.02 Å². The summed E-state index contributed by atoms with van der Waals surface area (Å²) < 4.78 is 4.95. The Morgan fingerprint density at radius 1 is 1.21 bits per heavy atom. The molecule has 0 unspecified atom stereocenters. The summed E-state index contributed by atoms with van der Waals surface area (Å²) in [6.07, 6.45) is 1.31. The van der Waals surface area contributed by atoms with Gasteiger partial charge in [0.25, 0.3) is 0 Å². The number of carbonyl (C=O) groups is 2. The SMILES string of the molecule is COc1cc(/C=N/NC(=O)C(=O)Nc2cccc(Cl)c2)ccc1O. The molecule has 0 fully saturated rings. The van der Waals surface area contributed by atoms with Crippen LogP contribution in [0.1, 0.15) is 5.56 Å². The molecule has 0 spiro atoms. The van der Waals surface area contributed by atoms with Crippen molar-refractivity contribution in [1.82, 2.24) is 5.43 Å². The predicted molar refractivity (Wildman–Crippen MR) is 90.5 cm³/mol. The molecule has 0 aliphatic carbocycles. The maximum Gasteiger partial charge on any atom is 0.329 e. The number of hydrazone groups is 1. The average molecular weight is 348 g/mol. The summed E-state index contributed by atoms with van der Waals surface area (Å²) in [4.78, 5) is 23.4. The number of nitrogens with zero attached hydrogens (tertiary/aromatic N) is 1. The first-order chi connectivity index (χ1) is 11.5. The Balaban J connectivity index is 1.93. The van der Waals surface area contributed by atoms with Crippen LogP contribution in [0.15, 0.2) is 47.6 Å². The van der Waals surface area contributed by atoms with Crippen LogP contribution in [-0.2, 0) is 9.59 Å². The number of halogens is 1. The van der Waals surface area contributed by atoms with E-state index in [1.165, 1.54) is 31.5 Å². The van der Waals surface area contributed by atoms with Crippen LogP contribution in [0.4, 0.5) is 5.69 Å². The molecule has 124 valence electrons. The topological polar surface area (TPSA) is 100 Å². The molecular weight excluding hydrogens is 334 g/mol. The number of phenols is 1. The number of carbonyl (C=O) groups excluding carboxylic acids is 2. The maximum absolute atomic E-state index is 11.7. The number of benzene rings is 2. The summed E-state index contributed by atoms with van der Waals surface area (Å²) in [5.74, 6) is -1.56. The summed E-state index contributed by atoms with van der Waals surface area (Å²) >= 11 is 5.79. The molecule has 0 heterocycles. The summed E-state index contributed by atoms with van der Waals surface area (Å²) in [5, 5.41) is 16.0. The molecule has 7 nitrogen and oxygen atoms in total. The molecule has 0 aliphatic rings. The van der Waals surface area contributed by atoms with Gasteiger partial charge in [-0.2, -0.15) is 5.10 Å². The number of aromatic hydroxyl groups is 1. The molecule has 0 atom stereocenters. The fraction of sp³-hybridized carbons (Fsp3) is 0.0625. The van der Waals surface area contributed by atoms with Crippen molar-refractivity contribution < 1.29 is 19.4 Å². The minimum absolute atomic E-state index is 0.0143.